The fraction of sp³-hybridized carbons (Fsp3) is 0.500. The second-order valence-corrected chi connectivity index (χ2v) is 6.79. The Kier molecular flexibility index (Phi) is 5.70. The predicted octanol–water partition coefficient (Wildman–Crippen LogP) is 4.36. The first-order valence-corrected chi connectivity index (χ1v) is 7.08. The van der Waals surface area contributed by atoms with Crippen molar-refractivity contribution in [1.82, 2.24) is 0 Å². The Labute approximate surface area is 122 Å². The first kappa shape index (κ1) is 16.6. The van der Waals surface area contributed by atoms with Crippen molar-refractivity contribution in [2.75, 3.05) is 13.2 Å². The van der Waals surface area contributed by atoms with E-state index in [0.29, 0.717) is 13.2 Å². The van der Waals surface area contributed by atoms with Crippen LogP contribution in [-0.4, -0.2) is 19.0 Å². The van der Waals surface area contributed by atoms with E-state index in [-0.39, 0.29) is 11.2 Å². The van der Waals surface area contributed by atoms with Gasteiger partial charge in [-0.1, -0.05) is 77.1 Å². The molecule has 20 heavy (non-hydrogen) atoms. The summed E-state index contributed by atoms with van der Waals surface area (Å²) < 4.78 is 5.63. The first-order valence-electron chi connectivity index (χ1n) is 7.08. The average molecular weight is 274 g/mol. The summed E-state index contributed by atoms with van der Waals surface area (Å²) in [4.78, 5) is 12.3. The van der Waals surface area contributed by atoms with Gasteiger partial charge in [0.1, 0.15) is 5.78 Å². The summed E-state index contributed by atoms with van der Waals surface area (Å²) in [6.07, 6.45) is 4.01. The van der Waals surface area contributed by atoms with Gasteiger partial charge in [0.05, 0.1) is 13.2 Å². The van der Waals surface area contributed by atoms with E-state index in [4.69, 9.17) is 4.74 Å². The molecular weight excluding hydrogens is 248 g/mol. The monoisotopic (exact) mass is 274 g/mol. The molecule has 0 aliphatic heterocycles. The maximum absolute atomic E-state index is 12.3. The van der Waals surface area contributed by atoms with Gasteiger partial charge in [0.15, 0.2) is 0 Å². The molecule has 1 aromatic rings. The molecule has 0 amide bonds. The Hall–Kier alpha value is -1.41. The highest BCUT2D eigenvalue weighted by atomic mass is 16.5. The van der Waals surface area contributed by atoms with Crippen molar-refractivity contribution in [1.29, 1.82) is 0 Å². The van der Waals surface area contributed by atoms with Crippen LogP contribution in [0.25, 0.3) is 6.08 Å². The van der Waals surface area contributed by atoms with Crippen LogP contribution in [-0.2, 0) is 9.53 Å². The maximum Gasteiger partial charge on any atom is 0.146 e. The van der Waals surface area contributed by atoms with Crippen molar-refractivity contribution >= 4 is 11.9 Å². The summed E-state index contributed by atoms with van der Waals surface area (Å²) in [6, 6.07) is 10.1. The van der Waals surface area contributed by atoms with Gasteiger partial charge in [0.25, 0.3) is 0 Å². The number of ether oxygens (including phenoxy) is 1. The molecule has 2 nitrogen and oxygen atoms in total. The highest BCUT2D eigenvalue weighted by Crippen LogP contribution is 2.29. The van der Waals surface area contributed by atoms with Crippen LogP contribution in [0.4, 0.5) is 0 Å². The Morgan fingerprint density at radius 2 is 1.70 bits per heavy atom. The standard InChI is InChI=1S/C18H26O2/c1-17(2,3)16(19)18(4,5)14-20-13-9-12-15-10-7-6-8-11-15/h6-12H,13-14H2,1-5H3/b12-9+. The van der Waals surface area contributed by atoms with E-state index in [1.54, 1.807) is 0 Å². The fourth-order valence-corrected chi connectivity index (χ4v) is 2.21. The average Bonchev–Trinajstić information content (AvgIpc) is 2.37. The summed E-state index contributed by atoms with van der Waals surface area (Å²) in [5.41, 5.74) is 0.382. The summed E-state index contributed by atoms with van der Waals surface area (Å²) >= 11 is 0. The fourth-order valence-electron chi connectivity index (χ4n) is 2.21. The van der Waals surface area contributed by atoms with Gasteiger partial charge in [-0.05, 0) is 5.56 Å². The molecule has 0 spiro atoms. The molecule has 0 aliphatic rings. The van der Waals surface area contributed by atoms with Gasteiger partial charge in [0, 0.05) is 10.8 Å². The minimum Gasteiger partial charge on any atom is -0.376 e. The summed E-state index contributed by atoms with van der Waals surface area (Å²) in [5, 5.41) is 0. The van der Waals surface area contributed by atoms with Gasteiger partial charge < -0.3 is 4.74 Å². The van der Waals surface area contributed by atoms with E-state index >= 15 is 0 Å². The zero-order valence-corrected chi connectivity index (χ0v) is 13.3. The van der Waals surface area contributed by atoms with E-state index < -0.39 is 5.41 Å². The highest BCUT2D eigenvalue weighted by Gasteiger charge is 2.35. The van der Waals surface area contributed by atoms with E-state index in [9.17, 15) is 4.79 Å². The van der Waals surface area contributed by atoms with Crippen molar-refractivity contribution in [3.8, 4) is 0 Å². The van der Waals surface area contributed by atoms with Crippen molar-refractivity contribution < 1.29 is 9.53 Å². The molecule has 110 valence electrons. The molecule has 1 aromatic carbocycles. The molecule has 1 rings (SSSR count). The minimum absolute atomic E-state index is 0.233. The van der Waals surface area contributed by atoms with E-state index in [0.717, 1.165) is 5.56 Å². The van der Waals surface area contributed by atoms with Crippen LogP contribution < -0.4 is 0 Å². The van der Waals surface area contributed by atoms with Crippen LogP contribution >= 0.6 is 0 Å². The molecule has 0 heterocycles. The van der Waals surface area contributed by atoms with Crippen LogP contribution in [0, 0.1) is 10.8 Å². The number of benzene rings is 1. The number of hydrogen-bond donors (Lipinski definition) is 0. The molecule has 0 bridgehead atoms. The number of ketones is 1. The number of Topliss-reactive ketones (excluding diaryl/α,β-unsaturated/α-hetero) is 1. The lowest BCUT2D eigenvalue weighted by atomic mass is 9.75. The van der Waals surface area contributed by atoms with Gasteiger partial charge in [-0.2, -0.15) is 0 Å². The second-order valence-electron chi connectivity index (χ2n) is 6.79. The zero-order valence-electron chi connectivity index (χ0n) is 13.3. The first-order chi connectivity index (χ1) is 9.23. The third kappa shape index (κ3) is 5.30. The van der Waals surface area contributed by atoms with Gasteiger partial charge in [-0.25, -0.2) is 0 Å². The van der Waals surface area contributed by atoms with Crippen molar-refractivity contribution in [2.24, 2.45) is 10.8 Å². The van der Waals surface area contributed by atoms with Crippen LogP contribution in [0.5, 0.6) is 0 Å². The molecule has 0 unspecified atom stereocenters. The van der Waals surface area contributed by atoms with E-state index in [1.165, 1.54) is 0 Å². The molecule has 0 saturated heterocycles. The zero-order chi connectivity index (χ0) is 15.2. The molecule has 0 fully saturated rings. The van der Waals surface area contributed by atoms with Crippen LogP contribution in [0.2, 0.25) is 0 Å². The molecule has 0 aromatic heterocycles. The van der Waals surface area contributed by atoms with E-state index in [1.807, 2.05) is 77.1 Å². The van der Waals surface area contributed by atoms with Crippen molar-refractivity contribution in [3.05, 3.63) is 42.0 Å². The van der Waals surface area contributed by atoms with E-state index in [2.05, 4.69) is 0 Å². The normalized spacial score (nSPS) is 12.8. The van der Waals surface area contributed by atoms with Crippen molar-refractivity contribution in [2.45, 2.75) is 34.6 Å². The lowest BCUT2D eigenvalue weighted by molar-refractivity contribution is -0.138. The van der Waals surface area contributed by atoms with Crippen LogP contribution in [0.1, 0.15) is 40.2 Å². The lowest BCUT2D eigenvalue weighted by Gasteiger charge is -2.30. The Morgan fingerprint density at radius 3 is 2.25 bits per heavy atom. The SMILES string of the molecule is CC(C)(C)C(=O)C(C)(C)COC/C=C/c1ccccc1. The number of rotatable bonds is 6. The van der Waals surface area contributed by atoms with Gasteiger partial charge in [-0.15, -0.1) is 0 Å². The Morgan fingerprint density at radius 1 is 1.10 bits per heavy atom. The molecule has 0 N–H and O–H groups in total. The number of carbonyl (C=O) groups excluding carboxylic acids is 1. The van der Waals surface area contributed by atoms with Gasteiger partial charge in [0.2, 0.25) is 0 Å². The smallest absolute Gasteiger partial charge is 0.146 e. The topological polar surface area (TPSA) is 26.3 Å². The molecule has 0 saturated carbocycles. The largest absolute Gasteiger partial charge is 0.376 e. The molecule has 0 atom stereocenters. The third-order valence-corrected chi connectivity index (χ3v) is 3.08. The van der Waals surface area contributed by atoms with Gasteiger partial charge >= 0.3 is 0 Å². The van der Waals surface area contributed by atoms with Crippen LogP contribution in [0.15, 0.2) is 36.4 Å². The van der Waals surface area contributed by atoms with Crippen LogP contribution in [0.3, 0.4) is 0 Å². The number of carbonyl (C=O) groups is 1. The summed E-state index contributed by atoms with van der Waals surface area (Å²) in [6.45, 7) is 10.7. The minimum atomic E-state index is -0.446. The highest BCUT2D eigenvalue weighted by molar-refractivity contribution is 5.88. The Bertz CT molecular complexity index is 450. The molecular formula is C18H26O2. The predicted molar refractivity (Wildman–Crippen MR) is 84.5 cm³/mol. The van der Waals surface area contributed by atoms with Crippen molar-refractivity contribution in [3.63, 3.8) is 0 Å². The quantitative estimate of drug-likeness (QED) is 0.721. The molecule has 2 heteroatoms. The maximum atomic E-state index is 12.3. The number of hydrogen-bond acceptors (Lipinski definition) is 2. The van der Waals surface area contributed by atoms with Gasteiger partial charge in [-0.3, -0.25) is 4.79 Å². The Balaban J connectivity index is 2.41. The summed E-state index contributed by atoms with van der Waals surface area (Å²) in [7, 11) is 0. The third-order valence-electron chi connectivity index (χ3n) is 3.08. The molecule has 0 radical (unpaired) electrons. The molecule has 0 aliphatic carbocycles. The lowest BCUT2D eigenvalue weighted by Crippen LogP contribution is -2.38. The second kappa shape index (κ2) is 6.85. The summed E-state index contributed by atoms with van der Waals surface area (Å²) in [5.74, 6) is 0.233.